The maximum absolute atomic E-state index is 8.36. The minimum atomic E-state index is -0.250. The first-order valence-electron chi connectivity index (χ1n) is 6.18. The number of anilines is 1. The Balaban J connectivity index is 0.000000497. The number of aromatic nitrogens is 3. The van der Waals surface area contributed by atoms with E-state index in [0.29, 0.717) is 11.6 Å². The number of hydrogen-bond acceptors (Lipinski definition) is 5. The average Bonchev–Trinajstić information content (AvgIpc) is 2.48. The summed E-state index contributed by atoms with van der Waals surface area (Å²) in [5, 5.41) is 7.77. The van der Waals surface area contributed by atoms with Gasteiger partial charge in [0, 0.05) is 18.0 Å². The summed E-state index contributed by atoms with van der Waals surface area (Å²) in [5.41, 5.74) is 8.91. The Morgan fingerprint density at radius 3 is 2.62 bits per heavy atom. The van der Waals surface area contributed by atoms with Crippen LogP contribution in [0.15, 0.2) is 42.7 Å². The summed E-state index contributed by atoms with van der Waals surface area (Å²) in [4.78, 5) is 21.1. The van der Waals surface area contributed by atoms with E-state index in [9.17, 15) is 0 Å². The van der Waals surface area contributed by atoms with Gasteiger partial charge in [-0.15, -0.1) is 0 Å². The molecule has 0 aliphatic carbocycles. The van der Waals surface area contributed by atoms with E-state index >= 15 is 0 Å². The summed E-state index contributed by atoms with van der Waals surface area (Å²) in [5.74, 6) is 1.19. The van der Waals surface area contributed by atoms with Crippen LogP contribution in [-0.2, 0) is 4.79 Å². The highest BCUT2D eigenvalue weighted by Gasteiger charge is 2.09. The number of carboxylic acid groups (broad SMARTS) is 1. The first kappa shape index (κ1) is 14.4. The number of benzene rings is 1. The minimum absolute atomic E-state index is 0.250. The number of fused-ring (bicyclic) bond motifs is 1. The highest BCUT2D eigenvalue weighted by Crippen LogP contribution is 2.30. The van der Waals surface area contributed by atoms with Gasteiger partial charge in [0.2, 0.25) is 0 Å². The molecule has 2 aromatic heterocycles. The summed E-state index contributed by atoms with van der Waals surface area (Å²) in [7, 11) is 0. The Labute approximate surface area is 121 Å². The van der Waals surface area contributed by atoms with Crippen LogP contribution in [0, 0.1) is 6.92 Å². The van der Waals surface area contributed by atoms with Crippen molar-refractivity contribution in [2.24, 2.45) is 0 Å². The van der Waals surface area contributed by atoms with E-state index in [-0.39, 0.29) is 6.47 Å². The van der Waals surface area contributed by atoms with E-state index in [4.69, 9.17) is 15.6 Å². The van der Waals surface area contributed by atoms with Crippen molar-refractivity contribution in [1.29, 1.82) is 0 Å². The van der Waals surface area contributed by atoms with Crippen molar-refractivity contribution >= 4 is 23.2 Å². The Kier molecular flexibility index (Phi) is 4.40. The van der Waals surface area contributed by atoms with E-state index in [1.165, 1.54) is 0 Å². The van der Waals surface area contributed by atoms with Gasteiger partial charge in [-0.1, -0.05) is 18.2 Å². The number of nitrogens with two attached hydrogens (primary N) is 1. The smallest absolute Gasteiger partial charge is 0.290 e. The Morgan fingerprint density at radius 1 is 1.19 bits per heavy atom. The number of pyridine rings is 1. The summed E-state index contributed by atoms with van der Waals surface area (Å²) in [6, 6.07) is 9.83. The molecule has 6 heteroatoms. The number of hydrogen-bond donors (Lipinski definition) is 2. The third-order valence-electron chi connectivity index (χ3n) is 2.84. The third-order valence-corrected chi connectivity index (χ3v) is 2.84. The maximum Gasteiger partial charge on any atom is 0.290 e. The molecule has 0 aliphatic heterocycles. The molecule has 6 nitrogen and oxygen atoms in total. The van der Waals surface area contributed by atoms with Crippen LogP contribution in [0.4, 0.5) is 5.82 Å². The normalized spacial score (nSPS) is 9.76. The molecule has 3 rings (SSSR count). The quantitative estimate of drug-likeness (QED) is 0.664. The first-order chi connectivity index (χ1) is 10.2. The zero-order valence-corrected chi connectivity index (χ0v) is 11.4. The van der Waals surface area contributed by atoms with Gasteiger partial charge in [0.05, 0.1) is 10.9 Å². The van der Waals surface area contributed by atoms with Crippen molar-refractivity contribution in [3.63, 3.8) is 0 Å². The lowest BCUT2D eigenvalue weighted by atomic mass is 10.0. The molecule has 106 valence electrons. The lowest BCUT2D eigenvalue weighted by Gasteiger charge is -2.08. The molecule has 0 aliphatic rings. The van der Waals surface area contributed by atoms with Crippen LogP contribution in [0.5, 0.6) is 0 Å². The summed E-state index contributed by atoms with van der Waals surface area (Å²) in [6.07, 6.45) is 3.56. The average molecular weight is 282 g/mol. The Bertz CT molecular complexity index is 760. The van der Waals surface area contributed by atoms with Crippen LogP contribution < -0.4 is 5.73 Å². The molecule has 3 N–H and O–H groups in total. The van der Waals surface area contributed by atoms with Crippen molar-refractivity contribution in [2.75, 3.05) is 5.73 Å². The first-order valence-corrected chi connectivity index (χ1v) is 6.18. The van der Waals surface area contributed by atoms with Gasteiger partial charge in [0.25, 0.3) is 6.47 Å². The van der Waals surface area contributed by atoms with E-state index < -0.39 is 0 Å². The van der Waals surface area contributed by atoms with Crippen molar-refractivity contribution in [3.05, 3.63) is 48.5 Å². The largest absolute Gasteiger partial charge is 0.483 e. The molecule has 0 unspecified atom stereocenters. The number of rotatable bonds is 1. The van der Waals surface area contributed by atoms with Crippen LogP contribution in [-0.4, -0.2) is 26.5 Å². The highest BCUT2D eigenvalue weighted by atomic mass is 16.3. The SMILES string of the molecule is Cc1nc(N)c2c(-c3cccnc3)cccc2n1.O=CO. The van der Waals surface area contributed by atoms with E-state index in [0.717, 1.165) is 22.0 Å². The summed E-state index contributed by atoms with van der Waals surface area (Å²) >= 11 is 0. The summed E-state index contributed by atoms with van der Waals surface area (Å²) in [6.45, 7) is 1.59. The van der Waals surface area contributed by atoms with Gasteiger partial charge in [0.1, 0.15) is 11.6 Å². The molecule has 21 heavy (non-hydrogen) atoms. The lowest BCUT2D eigenvalue weighted by molar-refractivity contribution is -0.122. The van der Waals surface area contributed by atoms with Crippen LogP contribution in [0.25, 0.3) is 22.0 Å². The van der Waals surface area contributed by atoms with E-state index in [1.807, 2.05) is 43.5 Å². The zero-order valence-electron chi connectivity index (χ0n) is 11.4. The number of aryl methyl sites for hydroxylation is 1. The van der Waals surface area contributed by atoms with Gasteiger partial charge in [-0.2, -0.15) is 0 Å². The molecule has 2 heterocycles. The molecule has 0 saturated carbocycles. The predicted molar refractivity (Wildman–Crippen MR) is 80.6 cm³/mol. The maximum atomic E-state index is 8.36. The minimum Gasteiger partial charge on any atom is -0.483 e. The van der Waals surface area contributed by atoms with Gasteiger partial charge in [-0.05, 0) is 24.6 Å². The van der Waals surface area contributed by atoms with Crippen molar-refractivity contribution in [1.82, 2.24) is 15.0 Å². The number of nitrogens with zero attached hydrogens (tertiary/aromatic N) is 3. The second-order valence-corrected chi connectivity index (χ2v) is 4.20. The van der Waals surface area contributed by atoms with Gasteiger partial charge >= 0.3 is 0 Å². The fourth-order valence-electron chi connectivity index (χ4n) is 2.09. The molecule has 3 aromatic rings. The van der Waals surface area contributed by atoms with Crippen molar-refractivity contribution < 1.29 is 9.90 Å². The van der Waals surface area contributed by atoms with Gasteiger partial charge in [-0.3, -0.25) is 9.78 Å². The Morgan fingerprint density at radius 2 is 1.95 bits per heavy atom. The van der Waals surface area contributed by atoms with Crippen LogP contribution in [0.3, 0.4) is 0 Å². The number of carbonyl (C=O) groups is 1. The van der Waals surface area contributed by atoms with Gasteiger partial charge in [-0.25, -0.2) is 9.97 Å². The molecule has 0 atom stereocenters. The van der Waals surface area contributed by atoms with Crippen LogP contribution in [0.2, 0.25) is 0 Å². The molecule has 1 aromatic carbocycles. The lowest BCUT2D eigenvalue weighted by Crippen LogP contribution is -1.98. The predicted octanol–water partition coefficient (Wildman–Crippen LogP) is 2.28. The molecule has 0 amide bonds. The topological polar surface area (TPSA) is 102 Å². The monoisotopic (exact) mass is 282 g/mol. The zero-order chi connectivity index (χ0) is 15.2. The Hall–Kier alpha value is -3.02. The van der Waals surface area contributed by atoms with E-state index in [1.54, 1.807) is 6.20 Å². The molecule has 0 bridgehead atoms. The fourth-order valence-corrected chi connectivity index (χ4v) is 2.09. The molecular formula is C15H14N4O2. The van der Waals surface area contributed by atoms with Crippen LogP contribution in [0.1, 0.15) is 5.82 Å². The van der Waals surface area contributed by atoms with Gasteiger partial charge in [0.15, 0.2) is 0 Å². The molecule has 0 fully saturated rings. The van der Waals surface area contributed by atoms with Crippen LogP contribution >= 0.6 is 0 Å². The van der Waals surface area contributed by atoms with Gasteiger partial charge < -0.3 is 10.8 Å². The van der Waals surface area contributed by atoms with Crippen molar-refractivity contribution in [3.8, 4) is 11.1 Å². The van der Waals surface area contributed by atoms with Crippen molar-refractivity contribution in [2.45, 2.75) is 6.92 Å². The molecule has 0 saturated heterocycles. The number of nitrogen functional groups attached to an aromatic ring is 1. The fraction of sp³-hybridized carbons (Fsp3) is 0.0667. The third kappa shape index (κ3) is 3.11. The molecule has 0 radical (unpaired) electrons. The standard InChI is InChI=1S/C14H12N4.CH2O2/c1-9-17-12-6-2-5-11(13(12)14(15)18-9)10-4-3-7-16-8-10;2-1-3/h2-8H,1H3,(H2,15,17,18);1H,(H,2,3). The highest BCUT2D eigenvalue weighted by molar-refractivity contribution is 6.00. The van der Waals surface area contributed by atoms with E-state index in [2.05, 4.69) is 15.0 Å². The second kappa shape index (κ2) is 6.42. The summed E-state index contributed by atoms with van der Waals surface area (Å²) < 4.78 is 0. The second-order valence-electron chi connectivity index (χ2n) is 4.20. The molecule has 0 spiro atoms. The molecular weight excluding hydrogens is 268 g/mol.